The van der Waals surface area contributed by atoms with Gasteiger partial charge >= 0.3 is 5.97 Å². The summed E-state index contributed by atoms with van der Waals surface area (Å²) in [5.74, 6) is 0.783. The van der Waals surface area contributed by atoms with Crippen molar-refractivity contribution in [3.63, 3.8) is 0 Å². The molecule has 0 saturated carbocycles. The van der Waals surface area contributed by atoms with Crippen LogP contribution in [0.5, 0.6) is 0 Å². The molecule has 1 aromatic heterocycles. The van der Waals surface area contributed by atoms with Crippen molar-refractivity contribution >= 4 is 11.9 Å². The minimum atomic E-state index is -1.10. The van der Waals surface area contributed by atoms with Gasteiger partial charge < -0.3 is 10.0 Å². The van der Waals surface area contributed by atoms with Crippen molar-refractivity contribution in [3.8, 4) is 12.3 Å². The van der Waals surface area contributed by atoms with Gasteiger partial charge in [0.15, 0.2) is 0 Å². The molecule has 0 atom stereocenters. The number of carbonyl (C=O) groups is 2. The van der Waals surface area contributed by atoms with E-state index in [-0.39, 0.29) is 6.54 Å². The zero-order chi connectivity index (χ0) is 13.7. The third-order valence-corrected chi connectivity index (χ3v) is 2.37. The molecule has 0 spiro atoms. The van der Waals surface area contributed by atoms with Crippen LogP contribution in [0.15, 0.2) is 6.20 Å². The van der Waals surface area contributed by atoms with Gasteiger partial charge in [-0.2, -0.15) is 5.10 Å². The van der Waals surface area contributed by atoms with E-state index in [1.165, 1.54) is 4.68 Å². The van der Waals surface area contributed by atoms with Gasteiger partial charge in [-0.3, -0.25) is 14.3 Å². The molecular formula is C12H15N3O3. The Morgan fingerprint density at radius 1 is 1.61 bits per heavy atom. The standard InChI is InChI=1S/C12H15N3O3/c1-4-6-15(8-11(16)17)12(18)9-7-14(3)13-10(9)5-2/h1,7H,5-6,8H2,2-3H3,(H,16,17). The van der Waals surface area contributed by atoms with Gasteiger partial charge in [0.05, 0.1) is 17.8 Å². The van der Waals surface area contributed by atoms with E-state index in [0.717, 1.165) is 4.90 Å². The van der Waals surface area contributed by atoms with Gasteiger partial charge in [-0.25, -0.2) is 0 Å². The van der Waals surface area contributed by atoms with Crippen molar-refractivity contribution in [2.24, 2.45) is 7.05 Å². The Hall–Kier alpha value is -2.29. The fourth-order valence-corrected chi connectivity index (χ4v) is 1.62. The number of amides is 1. The summed E-state index contributed by atoms with van der Waals surface area (Å²) in [6, 6.07) is 0. The molecule has 0 aliphatic heterocycles. The summed E-state index contributed by atoms with van der Waals surface area (Å²) < 4.78 is 1.53. The molecule has 0 saturated heterocycles. The highest BCUT2D eigenvalue weighted by molar-refractivity contribution is 5.96. The number of aliphatic carboxylic acids is 1. The second-order valence-electron chi connectivity index (χ2n) is 3.78. The third kappa shape index (κ3) is 3.10. The number of terminal acetylenes is 1. The fraction of sp³-hybridized carbons (Fsp3) is 0.417. The summed E-state index contributed by atoms with van der Waals surface area (Å²) >= 11 is 0. The van der Waals surface area contributed by atoms with Crippen molar-refractivity contribution in [2.75, 3.05) is 13.1 Å². The van der Waals surface area contributed by atoms with Crippen molar-refractivity contribution in [3.05, 3.63) is 17.5 Å². The lowest BCUT2D eigenvalue weighted by Gasteiger charge is -2.17. The molecule has 6 heteroatoms. The van der Waals surface area contributed by atoms with E-state index in [0.29, 0.717) is 17.7 Å². The second kappa shape index (κ2) is 5.87. The molecule has 0 radical (unpaired) electrons. The zero-order valence-corrected chi connectivity index (χ0v) is 10.4. The summed E-state index contributed by atoms with van der Waals surface area (Å²) in [4.78, 5) is 24.0. The zero-order valence-electron chi connectivity index (χ0n) is 10.4. The topological polar surface area (TPSA) is 75.4 Å². The lowest BCUT2D eigenvalue weighted by atomic mass is 10.2. The van der Waals surface area contributed by atoms with Crippen LogP contribution in [0.2, 0.25) is 0 Å². The number of nitrogens with zero attached hydrogens (tertiary/aromatic N) is 3. The number of carboxylic acid groups (broad SMARTS) is 1. The monoisotopic (exact) mass is 249 g/mol. The predicted octanol–water partition coefficient (Wildman–Crippen LogP) is 0.143. The van der Waals surface area contributed by atoms with Gasteiger partial charge in [-0.05, 0) is 6.42 Å². The molecule has 96 valence electrons. The first-order valence-corrected chi connectivity index (χ1v) is 5.46. The molecule has 0 aliphatic carbocycles. The van der Waals surface area contributed by atoms with E-state index in [9.17, 15) is 9.59 Å². The van der Waals surface area contributed by atoms with Crippen LogP contribution in [0, 0.1) is 12.3 Å². The molecule has 1 amide bonds. The molecule has 0 fully saturated rings. The van der Waals surface area contributed by atoms with Crippen molar-refractivity contribution in [1.82, 2.24) is 14.7 Å². The Morgan fingerprint density at radius 3 is 2.78 bits per heavy atom. The fourth-order valence-electron chi connectivity index (χ4n) is 1.62. The molecule has 0 bridgehead atoms. The SMILES string of the molecule is C#CCN(CC(=O)O)C(=O)c1cn(C)nc1CC. The lowest BCUT2D eigenvalue weighted by molar-refractivity contribution is -0.137. The quantitative estimate of drug-likeness (QED) is 0.753. The molecule has 18 heavy (non-hydrogen) atoms. The lowest BCUT2D eigenvalue weighted by Crippen LogP contribution is -2.36. The molecule has 0 unspecified atom stereocenters. The highest BCUT2D eigenvalue weighted by Gasteiger charge is 2.22. The van der Waals surface area contributed by atoms with Gasteiger partial charge in [0.2, 0.25) is 0 Å². The van der Waals surface area contributed by atoms with Gasteiger partial charge in [-0.1, -0.05) is 12.8 Å². The number of carbonyl (C=O) groups excluding carboxylic acids is 1. The van der Waals surface area contributed by atoms with Crippen molar-refractivity contribution < 1.29 is 14.7 Å². The first-order chi connectivity index (χ1) is 8.49. The minimum absolute atomic E-state index is 0.0385. The van der Waals surface area contributed by atoms with Crippen molar-refractivity contribution in [2.45, 2.75) is 13.3 Å². The highest BCUT2D eigenvalue weighted by atomic mass is 16.4. The summed E-state index contributed by atoms with van der Waals surface area (Å²) in [5, 5.41) is 12.9. The molecule has 1 N–H and O–H groups in total. The van der Waals surface area contributed by atoms with Crippen LogP contribution in [-0.2, 0) is 18.3 Å². The second-order valence-corrected chi connectivity index (χ2v) is 3.78. The Morgan fingerprint density at radius 2 is 2.28 bits per heavy atom. The summed E-state index contributed by atoms with van der Waals surface area (Å²) in [5.41, 5.74) is 1.03. The first-order valence-electron chi connectivity index (χ1n) is 5.46. The molecule has 0 aliphatic rings. The molecule has 1 rings (SSSR count). The normalized spacial score (nSPS) is 9.83. The molecule has 0 aromatic carbocycles. The van der Waals surface area contributed by atoms with Crippen LogP contribution < -0.4 is 0 Å². The van der Waals surface area contributed by atoms with Crippen LogP contribution in [0.3, 0.4) is 0 Å². The summed E-state index contributed by atoms with van der Waals surface area (Å²) in [6.45, 7) is 1.42. The Kier molecular flexibility index (Phi) is 4.49. The summed E-state index contributed by atoms with van der Waals surface area (Å²) in [7, 11) is 1.71. The molecule has 1 heterocycles. The highest BCUT2D eigenvalue weighted by Crippen LogP contribution is 2.10. The minimum Gasteiger partial charge on any atom is -0.480 e. The van der Waals surface area contributed by atoms with E-state index < -0.39 is 18.4 Å². The largest absolute Gasteiger partial charge is 0.480 e. The van der Waals surface area contributed by atoms with Crippen LogP contribution >= 0.6 is 0 Å². The van der Waals surface area contributed by atoms with E-state index in [4.69, 9.17) is 11.5 Å². The smallest absolute Gasteiger partial charge is 0.323 e. The van der Waals surface area contributed by atoms with Gasteiger partial charge in [0.25, 0.3) is 5.91 Å². The van der Waals surface area contributed by atoms with Crippen LogP contribution in [0.25, 0.3) is 0 Å². The van der Waals surface area contributed by atoms with Gasteiger partial charge in [0.1, 0.15) is 6.54 Å². The Labute approximate surface area is 105 Å². The maximum Gasteiger partial charge on any atom is 0.323 e. The molecule has 6 nitrogen and oxygen atoms in total. The molecule has 1 aromatic rings. The van der Waals surface area contributed by atoms with Crippen LogP contribution in [0.4, 0.5) is 0 Å². The summed E-state index contributed by atoms with van der Waals surface area (Å²) in [6.07, 6.45) is 7.31. The number of hydrogen-bond donors (Lipinski definition) is 1. The first kappa shape index (κ1) is 13.8. The number of carboxylic acids is 1. The van der Waals surface area contributed by atoms with Gasteiger partial charge in [-0.15, -0.1) is 6.42 Å². The van der Waals surface area contributed by atoms with E-state index in [2.05, 4.69) is 11.0 Å². The Balaban J connectivity index is 3.01. The maximum absolute atomic E-state index is 12.2. The average Bonchev–Trinajstić information content (AvgIpc) is 2.68. The third-order valence-electron chi connectivity index (χ3n) is 2.37. The predicted molar refractivity (Wildman–Crippen MR) is 65.0 cm³/mol. The van der Waals surface area contributed by atoms with E-state index in [1.54, 1.807) is 13.2 Å². The number of aryl methyl sites for hydroxylation is 2. The van der Waals surface area contributed by atoms with Crippen LogP contribution in [0.1, 0.15) is 23.0 Å². The number of aromatic nitrogens is 2. The van der Waals surface area contributed by atoms with E-state index >= 15 is 0 Å². The van der Waals surface area contributed by atoms with Crippen LogP contribution in [-0.4, -0.2) is 44.8 Å². The molecular weight excluding hydrogens is 234 g/mol. The maximum atomic E-state index is 12.2. The van der Waals surface area contributed by atoms with Gasteiger partial charge in [0, 0.05) is 13.2 Å². The van der Waals surface area contributed by atoms with E-state index in [1.807, 2.05) is 6.92 Å². The number of rotatable bonds is 5. The van der Waals surface area contributed by atoms with Crippen molar-refractivity contribution in [1.29, 1.82) is 0 Å². The average molecular weight is 249 g/mol. The Bertz CT molecular complexity index is 499. The number of hydrogen-bond acceptors (Lipinski definition) is 3.